The van der Waals surface area contributed by atoms with Crippen LogP contribution in [0.25, 0.3) is 0 Å². The highest BCUT2D eigenvalue weighted by molar-refractivity contribution is 6.39. The summed E-state index contributed by atoms with van der Waals surface area (Å²) in [6, 6.07) is 0. The first-order valence-corrected chi connectivity index (χ1v) is 6.11. The average molecular weight is 174 g/mol. The third-order valence-electron chi connectivity index (χ3n) is 1.76. The maximum absolute atomic E-state index is 3.50. The zero-order chi connectivity index (χ0) is 8.85. The number of hydrogen-bond donors (Lipinski definition) is 1. The largest absolute Gasteiger partial charge is 0.305 e. The molecule has 0 fully saturated rings. The van der Waals surface area contributed by atoms with Gasteiger partial charge in [-0.3, -0.25) is 4.90 Å². The summed E-state index contributed by atoms with van der Waals surface area (Å²) < 4.78 is 0. The summed E-state index contributed by atoms with van der Waals surface area (Å²) in [6.07, 6.45) is 0. The maximum atomic E-state index is 3.50. The van der Waals surface area contributed by atoms with E-state index in [0.29, 0.717) is 5.79 Å². The standard InChI is InChI=1S/C8H22N2Si/c1-6-9-8(10(4)5)11-7(2)3/h7-9H,6,11H2,1-5H3. The van der Waals surface area contributed by atoms with E-state index < -0.39 is 0 Å². The van der Waals surface area contributed by atoms with Gasteiger partial charge in [0.15, 0.2) is 0 Å². The lowest BCUT2D eigenvalue weighted by atomic mass is 10.6. The predicted molar refractivity (Wildman–Crippen MR) is 54.8 cm³/mol. The fraction of sp³-hybridized carbons (Fsp3) is 1.00. The summed E-state index contributed by atoms with van der Waals surface area (Å²) in [6.45, 7) is 7.90. The Morgan fingerprint density at radius 1 is 1.36 bits per heavy atom. The molecule has 1 atom stereocenters. The van der Waals surface area contributed by atoms with Crippen molar-refractivity contribution in [1.29, 1.82) is 0 Å². The first kappa shape index (κ1) is 11.1. The van der Waals surface area contributed by atoms with Crippen LogP contribution in [0.2, 0.25) is 5.54 Å². The van der Waals surface area contributed by atoms with Gasteiger partial charge in [0.25, 0.3) is 0 Å². The summed E-state index contributed by atoms with van der Waals surface area (Å²) in [4.78, 5) is 2.30. The van der Waals surface area contributed by atoms with Gasteiger partial charge in [0, 0.05) is 5.79 Å². The van der Waals surface area contributed by atoms with Crippen LogP contribution in [0.1, 0.15) is 20.8 Å². The highest BCUT2D eigenvalue weighted by Gasteiger charge is 2.11. The first-order valence-electron chi connectivity index (χ1n) is 4.47. The first-order chi connectivity index (χ1) is 5.07. The zero-order valence-corrected chi connectivity index (χ0v) is 9.93. The average Bonchev–Trinajstić information content (AvgIpc) is 1.86. The zero-order valence-electron chi connectivity index (χ0n) is 8.52. The highest BCUT2D eigenvalue weighted by atomic mass is 28.2. The Morgan fingerprint density at radius 2 is 1.91 bits per heavy atom. The molecule has 11 heavy (non-hydrogen) atoms. The van der Waals surface area contributed by atoms with Crippen molar-refractivity contribution in [2.24, 2.45) is 0 Å². The quantitative estimate of drug-likeness (QED) is 0.480. The minimum Gasteiger partial charge on any atom is -0.305 e. The Hall–Kier alpha value is 0.137. The molecule has 0 aromatic rings. The minimum absolute atomic E-state index is 0.0164. The molecule has 68 valence electrons. The van der Waals surface area contributed by atoms with Crippen LogP contribution in [0, 0.1) is 0 Å². The van der Waals surface area contributed by atoms with E-state index in [4.69, 9.17) is 0 Å². The normalized spacial score (nSPS) is 15.5. The topological polar surface area (TPSA) is 15.3 Å². The van der Waals surface area contributed by atoms with Gasteiger partial charge in [0.1, 0.15) is 0 Å². The third-order valence-corrected chi connectivity index (χ3v) is 4.17. The molecule has 0 bridgehead atoms. The van der Waals surface area contributed by atoms with Crippen LogP contribution >= 0.6 is 0 Å². The number of hydrogen-bond acceptors (Lipinski definition) is 2. The minimum atomic E-state index is 0.0164. The number of nitrogens with one attached hydrogen (secondary N) is 1. The van der Waals surface area contributed by atoms with E-state index in [1.165, 1.54) is 0 Å². The molecule has 0 saturated carbocycles. The van der Waals surface area contributed by atoms with Crippen LogP contribution in [-0.2, 0) is 0 Å². The molecule has 0 spiro atoms. The van der Waals surface area contributed by atoms with Crippen molar-refractivity contribution >= 4 is 9.52 Å². The second kappa shape index (κ2) is 5.74. The summed E-state index contributed by atoms with van der Waals surface area (Å²) in [5.41, 5.74) is 0.904. The molecule has 0 amide bonds. The van der Waals surface area contributed by atoms with Crippen LogP contribution in [-0.4, -0.2) is 40.8 Å². The van der Waals surface area contributed by atoms with E-state index in [0.717, 1.165) is 12.1 Å². The van der Waals surface area contributed by atoms with Crippen molar-refractivity contribution in [3.8, 4) is 0 Å². The van der Waals surface area contributed by atoms with Crippen LogP contribution in [0.5, 0.6) is 0 Å². The number of rotatable bonds is 5. The second-order valence-electron chi connectivity index (χ2n) is 3.67. The van der Waals surface area contributed by atoms with Gasteiger partial charge in [0.2, 0.25) is 0 Å². The van der Waals surface area contributed by atoms with Crippen molar-refractivity contribution in [3.63, 3.8) is 0 Å². The van der Waals surface area contributed by atoms with Crippen molar-refractivity contribution in [1.82, 2.24) is 10.2 Å². The van der Waals surface area contributed by atoms with E-state index in [9.17, 15) is 0 Å². The predicted octanol–water partition coefficient (Wildman–Crippen LogP) is 0.438. The van der Waals surface area contributed by atoms with Crippen LogP contribution in [0.4, 0.5) is 0 Å². The van der Waals surface area contributed by atoms with Gasteiger partial charge in [-0.05, 0) is 20.6 Å². The Morgan fingerprint density at radius 3 is 2.18 bits per heavy atom. The van der Waals surface area contributed by atoms with Crippen LogP contribution < -0.4 is 5.32 Å². The summed E-state index contributed by atoms with van der Waals surface area (Å²) in [5.74, 6) is 0.681. The summed E-state index contributed by atoms with van der Waals surface area (Å²) >= 11 is 0. The Kier molecular flexibility index (Phi) is 5.82. The molecule has 0 aromatic heterocycles. The van der Waals surface area contributed by atoms with Gasteiger partial charge in [0.05, 0.1) is 9.52 Å². The Balaban J connectivity index is 3.69. The molecule has 0 heterocycles. The van der Waals surface area contributed by atoms with Crippen molar-refractivity contribution < 1.29 is 0 Å². The second-order valence-corrected chi connectivity index (χ2v) is 6.54. The molecule has 2 nitrogen and oxygen atoms in total. The molecule has 0 aromatic carbocycles. The molecular formula is C8H22N2Si. The fourth-order valence-corrected chi connectivity index (χ4v) is 2.93. The lowest BCUT2D eigenvalue weighted by Crippen LogP contribution is -2.46. The lowest BCUT2D eigenvalue weighted by Gasteiger charge is -2.26. The van der Waals surface area contributed by atoms with Crippen molar-refractivity contribution in [3.05, 3.63) is 0 Å². The van der Waals surface area contributed by atoms with Crippen molar-refractivity contribution in [2.45, 2.75) is 32.1 Å². The van der Waals surface area contributed by atoms with Crippen LogP contribution in [0.3, 0.4) is 0 Å². The smallest absolute Gasteiger partial charge is 0.0614 e. The molecule has 1 N–H and O–H groups in total. The molecule has 0 aliphatic heterocycles. The maximum Gasteiger partial charge on any atom is 0.0614 e. The van der Waals surface area contributed by atoms with Gasteiger partial charge in [-0.2, -0.15) is 0 Å². The van der Waals surface area contributed by atoms with Crippen LogP contribution in [0.15, 0.2) is 0 Å². The van der Waals surface area contributed by atoms with E-state index in [2.05, 4.69) is 45.1 Å². The van der Waals surface area contributed by atoms with E-state index in [-0.39, 0.29) is 9.52 Å². The molecule has 0 aliphatic rings. The summed E-state index contributed by atoms with van der Waals surface area (Å²) in [5, 5.41) is 3.50. The summed E-state index contributed by atoms with van der Waals surface area (Å²) in [7, 11) is 4.33. The SMILES string of the molecule is CCNC([SiH2]C(C)C)N(C)C. The molecule has 0 rings (SSSR count). The Bertz CT molecular complexity index is 94.1. The van der Waals surface area contributed by atoms with E-state index in [1.807, 2.05) is 0 Å². The third kappa shape index (κ3) is 5.41. The van der Waals surface area contributed by atoms with Gasteiger partial charge < -0.3 is 5.32 Å². The molecular weight excluding hydrogens is 152 g/mol. The van der Waals surface area contributed by atoms with Gasteiger partial charge in [-0.1, -0.05) is 26.3 Å². The molecule has 0 saturated heterocycles. The highest BCUT2D eigenvalue weighted by Crippen LogP contribution is 2.01. The monoisotopic (exact) mass is 174 g/mol. The number of nitrogens with zero attached hydrogens (tertiary/aromatic N) is 1. The lowest BCUT2D eigenvalue weighted by molar-refractivity contribution is 0.326. The molecule has 1 unspecified atom stereocenters. The molecule has 0 aliphatic carbocycles. The molecule has 0 radical (unpaired) electrons. The van der Waals surface area contributed by atoms with Gasteiger partial charge >= 0.3 is 0 Å². The van der Waals surface area contributed by atoms with Gasteiger partial charge in [-0.25, -0.2) is 0 Å². The van der Waals surface area contributed by atoms with E-state index >= 15 is 0 Å². The molecule has 3 heteroatoms. The van der Waals surface area contributed by atoms with Crippen molar-refractivity contribution in [2.75, 3.05) is 20.6 Å². The van der Waals surface area contributed by atoms with Gasteiger partial charge in [-0.15, -0.1) is 0 Å². The fourth-order valence-electron chi connectivity index (χ4n) is 1.16. The Labute approximate surface area is 73.2 Å². The van der Waals surface area contributed by atoms with E-state index in [1.54, 1.807) is 0 Å².